The van der Waals surface area contributed by atoms with E-state index in [1.54, 1.807) is 18.1 Å². The minimum atomic E-state index is -0.310. The van der Waals surface area contributed by atoms with Gasteiger partial charge in [0, 0.05) is 6.42 Å². The Bertz CT molecular complexity index is 1260. The number of furan rings is 1. The van der Waals surface area contributed by atoms with Crippen molar-refractivity contribution in [1.82, 2.24) is 25.2 Å². The third kappa shape index (κ3) is 4.37. The second-order valence-electron chi connectivity index (χ2n) is 7.25. The summed E-state index contributed by atoms with van der Waals surface area (Å²) in [5, 5.41) is 18.6. The molecule has 9 nitrogen and oxygen atoms in total. The van der Waals surface area contributed by atoms with Crippen LogP contribution in [-0.2, 0) is 4.79 Å². The number of benzene rings is 2. The molecule has 1 aliphatic heterocycles. The Hall–Kier alpha value is -3.92. The molecule has 5 rings (SSSR count). The van der Waals surface area contributed by atoms with Crippen LogP contribution in [-0.4, -0.2) is 49.7 Å². The maximum absolute atomic E-state index is 13.2. The molecule has 1 aliphatic rings. The van der Waals surface area contributed by atoms with E-state index in [1.807, 2.05) is 66.7 Å². The van der Waals surface area contributed by atoms with Crippen molar-refractivity contribution in [2.75, 3.05) is 12.9 Å². The highest BCUT2D eigenvalue weighted by Gasteiger charge is 2.35. The molecule has 0 radical (unpaired) electrons. The second-order valence-corrected chi connectivity index (χ2v) is 8.19. The molecular formula is C23H20N6O3S. The average Bonchev–Trinajstić information content (AvgIpc) is 3.63. The first-order chi connectivity index (χ1) is 16.2. The van der Waals surface area contributed by atoms with Crippen LogP contribution in [0.5, 0.6) is 5.75 Å². The van der Waals surface area contributed by atoms with E-state index < -0.39 is 0 Å². The Morgan fingerprint density at radius 2 is 1.94 bits per heavy atom. The van der Waals surface area contributed by atoms with Crippen LogP contribution in [0, 0.1) is 0 Å². The van der Waals surface area contributed by atoms with E-state index in [4.69, 9.17) is 9.15 Å². The Morgan fingerprint density at radius 1 is 1.12 bits per heavy atom. The molecule has 0 bridgehead atoms. The highest BCUT2D eigenvalue weighted by molar-refractivity contribution is 7.99. The van der Waals surface area contributed by atoms with Crippen LogP contribution in [0.15, 0.2) is 87.7 Å². The summed E-state index contributed by atoms with van der Waals surface area (Å²) in [4.78, 5) is 13.2. The Labute approximate surface area is 194 Å². The number of aromatic nitrogens is 4. The van der Waals surface area contributed by atoms with Crippen LogP contribution in [0.1, 0.15) is 23.8 Å². The number of amides is 1. The fourth-order valence-electron chi connectivity index (χ4n) is 3.59. The molecule has 2 aromatic carbocycles. The number of carbonyl (C=O) groups excluding carboxylic acids is 1. The lowest BCUT2D eigenvalue weighted by Gasteiger charge is -2.19. The lowest BCUT2D eigenvalue weighted by Crippen LogP contribution is -2.28. The van der Waals surface area contributed by atoms with Crippen molar-refractivity contribution in [1.29, 1.82) is 0 Å². The molecule has 0 saturated carbocycles. The molecule has 0 spiro atoms. The Balaban J connectivity index is 1.36. The van der Waals surface area contributed by atoms with Gasteiger partial charge in [-0.1, -0.05) is 30.0 Å². The van der Waals surface area contributed by atoms with E-state index in [2.05, 4.69) is 20.6 Å². The summed E-state index contributed by atoms with van der Waals surface area (Å²) < 4.78 is 12.5. The van der Waals surface area contributed by atoms with Gasteiger partial charge >= 0.3 is 0 Å². The third-order valence-electron chi connectivity index (χ3n) is 5.23. The highest BCUT2D eigenvalue weighted by Crippen LogP contribution is 2.34. The van der Waals surface area contributed by atoms with E-state index in [-0.39, 0.29) is 17.7 Å². The summed E-state index contributed by atoms with van der Waals surface area (Å²) in [6.07, 6.45) is 2.16. The molecule has 4 aromatic rings. The van der Waals surface area contributed by atoms with Crippen molar-refractivity contribution in [3.63, 3.8) is 0 Å². The summed E-state index contributed by atoms with van der Waals surface area (Å²) in [7, 11) is 1.63. The van der Waals surface area contributed by atoms with Gasteiger partial charge < -0.3 is 9.15 Å². The summed E-state index contributed by atoms with van der Waals surface area (Å²) in [6, 6.07) is 20.5. The number of carbonyl (C=O) groups is 1. The van der Waals surface area contributed by atoms with Gasteiger partial charge in [-0.2, -0.15) is 9.78 Å². The van der Waals surface area contributed by atoms with Crippen molar-refractivity contribution >= 4 is 23.4 Å². The number of hydrogen-bond donors (Lipinski definition) is 0. The first-order valence-electron chi connectivity index (χ1n) is 10.3. The van der Waals surface area contributed by atoms with Crippen molar-refractivity contribution in [2.24, 2.45) is 5.10 Å². The highest BCUT2D eigenvalue weighted by atomic mass is 32.2. The molecule has 1 amide bonds. The van der Waals surface area contributed by atoms with E-state index >= 15 is 0 Å². The summed E-state index contributed by atoms with van der Waals surface area (Å²) in [6.45, 7) is 0. The van der Waals surface area contributed by atoms with Crippen molar-refractivity contribution in [3.8, 4) is 11.4 Å². The van der Waals surface area contributed by atoms with Gasteiger partial charge in [0.15, 0.2) is 0 Å². The second kappa shape index (κ2) is 9.29. The smallest absolute Gasteiger partial charge is 0.253 e. The van der Waals surface area contributed by atoms with Crippen LogP contribution < -0.4 is 4.74 Å². The monoisotopic (exact) mass is 460 g/mol. The minimum Gasteiger partial charge on any atom is -0.497 e. The minimum absolute atomic E-state index is 0.129. The zero-order chi connectivity index (χ0) is 22.6. The van der Waals surface area contributed by atoms with Gasteiger partial charge in [0.05, 0.1) is 30.5 Å². The predicted octanol–water partition coefficient (Wildman–Crippen LogP) is 3.73. The van der Waals surface area contributed by atoms with Gasteiger partial charge in [-0.05, 0) is 64.5 Å². The standard InChI is InChI=1S/C23H20N6O3S/c1-31-18-11-9-16(10-12-18)19-14-20(21-8-5-13-32-21)29(25-19)22(30)15-33-23-24-26-27-28(23)17-6-3-2-4-7-17/h2-13,20H,14-15H2,1H3/t20-/m1/s1. The van der Waals surface area contributed by atoms with Crippen LogP contribution in [0.3, 0.4) is 0 Å². The van der Waals surface area contributed by atoms with Gasteiger partial charge in [0.25, 0.3) is 5.91 Å². The van der Waals surface area contributed by atoms with E-state index in [9.17, 15) is 4.79 Å². The predicted molar refractivity (Wildman–Crippen MR) is 122 cm³/mol. The number of methoxy groups -OCH3 is 1. The van der Waals surface area contributed by atoms with Crippen molar-refractivity contribution in [3.05, 3.63) is 84.3 Å². The largest absolute Gasteiger partial charge is 0.497 e. The first kappa shape index (κ1) is 21.0. The lowest BCUT2D eigenvalue weighted by atomic mass is 10.0. The molecule has 0 aliphatic carbocycles. The molecule has 0 saturated heterocycles. The number of thioether (sulfide) groups is 1. The number of ether oxygens (including phenoxy) is 1. The quantitative estimate of drug-likeness (QED) is 0.388. The summed E-state index contributed by atoms with van der Waals surface area (Å²) in [5.41, 5.74) is 2.57. The van der Waals surface area contributed by atoms with Crippen LogP contribution in [0.2, 0.25) is 0 Å². The number of rotatable bonds is 7. The number of nitrogens with zero attached hydrogens (tertiary/aromatic N) is 6. The average molecular weight is 461 g/mol. The molecule has 10 heteroatoms. The van der Waals surface area contributed by atoms with Gasteiger partial charge in [0.1, 0.15) is 17.6 Å². The Kier molecular flexibility index (Phi) is 5.90. The van der Waals surface area contributed by atoms with Crippen LogP contribution in [0.4, 0.5) is 0 Å². The van der Waals surface area contributed by atoms with Gasteiger partial charge in [-0.3, -0.25) is 4.79 Å². The molecular weight excluding hydrogens is 440 g/mol. The van der Waals surface area contributed by atoms with E-state index in [1.165, 1.54) is 16.8 Å². The van der Waals surface area contributed by atoms with Gasteiger partial charge in [-0.25, -0.2) is 5.01 Å². The zero-order valence-electron chi connectivity index (χ0n) is 17.7. The number of tetrazole rings is 1. The van der Waals surface area contributed by atoms with E-state index in [0.717, 1.165) is 22.7 Å². The molecule has 33 heavy (non-hydrogen) atoms. The van der Waals surface area contributed by atoms with Crippen LogP contribution in [0.25, 0.3) is 5.69 Å². The van der Waals surface area contributed by atoms with Gasteiger partial charge in [0.2, 0.25) is 5.16 Å². The summed E-state index contributed by atoms with van der Waals surface area (Å²) in [5.74, 6) is 1.42. The van der Waals surface area contributed by atoms with Gasteiger partial charge in [-0.15, -0.1) is 5.10 Å². The molecule has 0 fully saturated rings. The SMILES string of the molecule is COc1ccc(C2=NN(C(=O)CSc3nnnn3-c3ccccc3)[C@@H](c3ccco3)C2)cc1. The molecule has 0 unspecified atom stereocenters. The third-order valence-corrected chi connectivity index (χ3v) is 6.13. The fourth-order valence-corrected chi connectivity index (χ4v) is 4.34. The fraction of sp³-hybridized carbons (Fsp3) is 0.174. The van der Waals surface area contributed by atoms with E-state index in [0.29, 0.717) is 17.3 Å². The lowest BCUT2D eigenvalue weighted by molar-refractivity contribution is -0.130. The molecule has 3 heterocycles. The molecule has 2 aromatic heterocycles. The number of para-hydroxylation sites is 1. The first-order valence-corrected chi connectivity index (χ1v) is 11.3. The Morgan fingerprint density at radius 3 is 2.67 bits per heavy atom. The maximum atomic E-state index is 13.2. The molecule has 1 atom stereocenters. The molecule has 0 N–H and O–H groups in total. The maximum Gasteiger partial charge on any atom is 0.253 e. The van der Waals surface area contributed by atoms with Crippen LogP contribution >= 0.6 is 11.8 Å². The number of hydrogen-bond acceptors (Lipinski definition) is 8. The topological polar surface area (TPSA) is 98.6 Å². The summed E-state index contributed by atoms with van der Waals surface area (Å²) >= 11 is 1.26. The zero-order valence-corrected chi connectivity index (χ0v) is 18.6. The number of hydrazone groups is 1. The molecule has 166 valence electrons. The van der Waals surface area contributed by atoms with Crippen molar-refractivity contribution in [2.45, 2.75) is 17.6 Å². The van der Waals surface area contributed by atoms with Crippen molar-refractivity contribution < 1.29 is 13.9 Å². The normalized spacial score (nSPS) is 15.5.